The largest absolute Gasteiger partial charge is 0.322 e. The molecule has 0 unspecified atom stereocenters. The van der Waals surface area contributed by atoms with Gasteiger partial charge in [0.25, 0.3) is 0 Å². The monoisotopic (exact) mass is 257 g/mol. The van der Waals surface area contributed by atoms with Crippen LogP contribution in [0.3, 0.4) is 0 Å². The molecule has 0 saturated heterocycles. The van der Waals surface area contributed by atoms with Gasteiger partial charge in [-0.15, -0.1) is 0 Å². The lowest BCUT2D eigenvalue weighted by Crippen LogP contribution is -2.12. The number of amides is 1. The van der Waals surface area contributed by atoms with Crippen molar-refractivity contribution in [1.29, 1.82) is 0 Å². The summed E-state index contributed by atoms with van der Waals surface area (Å²) in [6, 6.07) is 8.04. The van der Waals surface area contributed by atoms with Crippen molar-refractivity contribution in [1.82, 2.24) is 0 Å². The molecule has 1 saturated carbocycles. The zero-order valence-corrected chi connectivity index (χ0v) is 11.9. The van der Waals surface area contributed by atoms with E-state index in [0.29, 0.717) is 5.92 Å². The molecule has 0 spiro atoms. The Balaban J connectivity index is 2.06. The van der Waals surface area contributed by atoms with Crippen molar-refractivity contribution in [2.45, 2.75) is 51.9 Å². The Bertz CT molecular complexity index is 466. The van der Waals surface area contributed by atoms with Gasteiger partial charge in [-0.1, -0.05) is 44.0 Å². The lowest BCUT2D eigenvalue weighted by atomic mass is 9.94. The third-order valence-corrected chi connectivity index (χ3v) is 3.67. The maximum absolute atomic E-state index is 12.1. The van der Waals surface area contributed by atoms with Crippen LogP contribution in [0.2, 0.25) is 0 Å². The van der Waals surface area contributed by atoms with E-state index in [2.05, 4.69) is 25.2 Å². The highest BCUT2D eigenvalue weighted by molar-refractivity contribution is 6.00. The number of allylic oxidation sites excluding steroid dienone is 1. The fraction of sp³-hybridized carbons (Fsp3) is 0.471. The van der Waals surface area contributed by atoms with Crippen molar-refractivity contribution < 1.29 is 4.79 Å². The van der Waals surface area contributed by atoms with Crippen LogP contribution in [0.15, 0.2) is 35.9 Å². The Morgan fingerprint density at radius 2 is 1.84 bits per heavy atom. The van der Waals surface area contributed by atoms with E-state index in [1.807, 2.05) is 18.2 Å². The van der Waals surface area contributed by atoms with Crippen LogP contribution in [0.1, 0.15) is 57.4 Å². The van der Waals surface area contributed by atoms with Crippen molar-refractivity contribution in [3.63, 3.8) is 0 Å². The van der Waals surface area contributed by atoms with Crippen molar-refractivity contribution in [2.24, 2.45) is 0 Å². The molecular formula is C17H23NO. The summed E-state index contributed by atoms with van der Waals surface area (Å²) in [5.41, 5.74) is 3.43. The van der Waals surface area contributed by atoms with Gasteiger partial charge in [-0.3, -0.25) is 4.79 Å². The van der Waals surface area contributed by atoms with Gasteiger partial charge < -0.3 is 5.32 Å². The van der Waals surface area contributed by atoms with Gasteiger partial charge in [0.1, 0.15) is 0 Å². The first-order chi connectivity index (χ1) is 9.16. The van der Waals surface area contributed by atoms with E-state index >= 15 is 0 Å². The fourth-order valence-corrected chi connectivity index (χ4v) is 2.62. The standard InChI is InChI=1S/C17H23NO/c1-13(2)15-10-6-7-11-16(15)18-17(19)12-14-8-4-3-5-9-14/h6-7,10-13H,3-5,8-9H2,1-2H3,(H,18,19). The van der Waals surface area contributed by atoms with E-state index in [4.69, 9.17) is 0 Å². The SMILES string of the molecule is CC(C)c1ccccc1NC(=O)C=C1CCCCC1. The molecule has 0 aliphatic heterocycles. The molecule has 0 atom stereocenters. The first-order valence-electron chi connectivity index (χ1n) is 7.26. The number of hydrogen-bond donors (Lipinski definition) is 1. The number of rotatable bonds is 3. The molecule has 102 valence electrons. The predicted octanol–water partition coefficient (Wildman–Crippen LogP) is 4.64. The van der Waals surface area contributed by atoms with Crippen molar-refractivity contribution in [3.8, 4) is 0 Å². The molecule has 19 heavy (non-hydrogen) atoms. The van der Waals surface area contributed by atoms with Crippen LogP contribution in [-0.4, -0.2) is 5.91 Å². The van der Waals surface area contributed by atoms with E-state index in [1.54, 1.807) is 6.08 Å². The second kappa shape index (κ2) is 6.55. The average molecular weight is 257 g/mol. The Hall–Kier alpha value is -1.57. The van der Waals surface area contributed by atoms with Gasteiger partial charge in [0.2, 0.25) is 5.91 Å². The van der Waals surface area contributed by atoms with Crippen LogP contribution in [-0.2, 0) is 4.79 Å². The molecule has 2 nitrogen and oxygen atoms in total. The van der Waals surface area contributed by atoms with Crippen LogP contribution in [0.4, 0.5) is 5.69 Å². The fourth-order valence-electron chi connectivity index (χ4n) is 2.62. The normalized spacial score (nSPS) is 15.4. The molecule has 0 aromatic heterocycles. The third-order valence-electron chi connectivity index (χ3n) is 3.67. The highest BCUT2D eigenvalue weighted by Gasteiger charge is 2.10. The average Bonchev–Trinajstić information content (AvgIpc) is 2.40. The number of carbonyl (C=O) groups excluding carboxylic acids is 1. The number of benzene rings is 1. The summed E-state index contributed by atoms with van der Waals surface area (Å²) in [5.74, 6) is 0.434. The van der Waals surface area contributed by atoms with Gasteiger partial charge in [0, 0.05) is 11.8 Å². The minimum absolute atomic E-state index is 0.0185. The summed E-state index contributed by atoms with van der Waals surface area (Å²) in [7, 11) is 0. The molecule has 0 bridgehead atoms. The molecule has 1 N–H and O–H groups in total. The molecule has 1 aliphatic rings. The van der Waals surface area contributed by atoms with Gasteiger partial charge in [-0.2, -0.15) is 0 Å². The second-order valence-electron chi connectivity index (χ2n) is 5.59. The summed E-state index contributed by atoms with van der Waals surface area (Å²) >= 11 is 0. The van der Waals surface area contributed by atoms with Gasteiger partial charge in [-0.05, 0) is 43.2 Å². The molecule has 0 heterocycles. The highest BCUT2D eigenvalue weighted by atomic mass is 16.1. The van der Waals surface area contributed by atoms with E-state index in [9.17, 15) is 4.79 Å². The maximum atomic E-state index is 12.1. The second-order valence-corrected chi connectivity index (χ2v) is 5.59. The number of hydrogen-bond acceptors (Lipinski definition) is 1. The van der Waals surface area contributed by atoms with Crippen LogP contribution >= 0.6 is 0 Å². The van der Waals surface area contributed by atoms with Crippen molar-refractivity contribution >= 4 is 11.6 Å². The minimum atomic E-state index is 0.0185. The van der Waals surface area contributed by atoms with Gasteiger partial charge >= 0.3 is 0 Å². The van der Waals surface area contributed by atoms with Gasteiger partial charge in [-0.25, -0.2) is 0 Å². The summed E-state index contributed by atoms with van der Waals surface area (Å²) in [6.07, 6.45) is 7.72. The van der Waals surface area contributed by atoms with Crippen LogP contribution in [0.25, 0.3) is 0 Å². The Labute approximate surface area is 115 Å². The molecule has 1 amide bonds. The Kier molecular flexibility index (Phi) is 4.78. The van der Waals surface area contributed by atoms with Crippen molar-refractivity contribution in [2.75, 3.05) is 5.32 Å². The number of nitrogens with one attached hydrogen (secondary N) is 1. The zero-order chi connectivity index (χ0) is 13.7. The first-order valence-corrected chi connectivity index (χ1v) is 7.26. The molecule has 1 fully saturated rings. The van der Waals surface area contributed by atoms with Crippen LogP contribution in [0, 0.1) is 0 Å². The number of anilines is 1. The predicted molar refractivity (Wildman–Crippen MR) is 80.3 cm³/mol. The molecule has 1 aliphatic carbocycles. The Morgan fingerprint density at radius 1 is 1.16 bits per heavy atom. The van der Waals surface area contributed by atoms with Crippen LogP contribution < -0.4 is 5.32 Å². The molecular weight excluding hydrogens is 234 g/mol. The lowest BCUT2D eigenvalue weighted by molar-refractivity contribution is -0.112. The van der Waals surface area contributed by atoms with Gasteiger partial charge in [0.05, 0.1) is 0 Å². The quantitative estimate of drug-likeness (QED) is 0.785. The van der Waals surface area contributed by atoms with E-state index < -0.39 is 0 Å². The van der Waals surface area contributed by atoms with Gasteiger partial charge in [0.15, 0.2) is 0 Å². The highest BCUT2D eigenvalue weighted by Crippen LogP contribution is 2.25. The summed E-state index contributed by atoms with van der Waals surface area (Å²) < 4.78 is 0. The summed E-state index contributed by atoms with van der Waals surface area (Å²) in [6.45, 7) is 4.29. The smallest absolute Gasteiger partial charge is 0.248 e. The van der Waals surface area contributed by atoms with Crippen LogP contribution in [0.5, 0.6) is 0 Å². The number of carbonyl (C=O) groups is 1. The molecule has 1 aromatic carbocycles. The van der Waals surface area contributed by atoms with E-state index in [1.165, 1.54) is 30.4 Å². The van der Waals surface area contributed by atoms with Crippen molar-refractivity contribution in [3.05, 3.63) is 41.5 Å². The third kappa shape index (κ3) is 3.95. The molecule has 2 rings (SSSR count). The topological polar surface area (TPSA) is 29.1 Å². The number of para-hydroxylation sites is 1. The first kappa shape index (κ1) is 13.9. The summed E-state index contributed by atoms with van der Waals surface area (Å²) in [5, 5.41) is 3.02. The Morgan fingerprint density at radius 3 is 2.53 bits per heavy atom. The molecule has 1 aromatic rings. The maximum Gasteiger partial charge on any atom is 0.248 e. The zero-order valence-electron chi connectivity index (χ0n) is 11.9. The summed E-state index contributed by atoms with van der Waals surface area (Å²) in [4.78, 5) is 12.1. The molecule has 0 radical (unpaired) electrons. The van der Waals surface area contributed by atoms with E-state index in [-0.39, 0.29) is 5.91 Å². The van der Waals surface area contributed by atoms with E-state index in [0.717, 1.165) is 18.5 Å². The minimum Gasteiger partial charge on any atom is -0.322 e. The molecule has 2 heteroatoms. The lowest BCUT2D eigenvalue weighted by Gasteiger charge is -2.15.